The van der Waals surface area contributed by atoms with Gasteiger partial charge < -0.3 is 39.9 Å². The maximum Gasteiger partial charge on any atom is 0.141 e. The van der Waals surface area contributed by atoms with E-state index in [0.29, 0.717) is 34.7 Å². The van der Waals surface area contributed by atoms with Gasteiger partial charge in [0, 0.05) is 30.2 Å². The van der Waals surface area contributed by atoms with Crippen LogP contribution in [0.15, 0.2) is 30.3 Å². The molecule has 228 valence electrons. The van der Waals surface area contributed by atoms with Crippen LogP contribution in [-0.4, -0.2) is 64.7 Å². The Morgan fingerprint density at radius 2 is 1.80 bits per heavy atom. The minimum atomic E-state index is -1.20. The van der Waals surface area contributed by atoms with Crippen LogP contribution < -0.4 is 10.1 Å². The van der Waals surface area contributed by atoms with Crippen LogP contribution in [0.5, 0.6) is 11.5 Å². The minimum absolute atomic E-state index is 0.125. The zero-order valence-electron chi connectivity index (χ0n) is 24.8. The average Bonchev–Trinajstić information content (AvgIpc) is 3.44. The molecule has 0 spiro atoms. The molecule has 0 saturated heterocycles. The van der Waals surface area contributed by atoms with Crippen molar-refractivity contribution in [3.8, 4) is 11.5 Å². The molecule has 9 nitrogen and oxygen atoms in total. The zero-order chi connectivity index (χ0) is 30.9. The van der Waals surface area contributed by atoms with Crippen LogP contribution in [0.4, 0.5) is 4.39 Å². The number of phenols is 1. The maximum atomic E-state index is 13.9. The number of halogens is 1. The summed E-state index contributed by atoms with van der Waals surface area (Å²) in [5.74, 6) is 0.783. The van der Waals surface area contributed by atoms with Crippen LogP contribution >= 0.6 is 0 Å². The molecule has 1 fully saturated rings. The normalized spacial score (nSPS) is 14.5. The molecule has 0 amide bonds. The highest BCUT2D eigenvalue weighted by Crippen LogP contribution is 2.33. The number of imidazole rings is 1. The number of fused-ring (bicyclic) bond motifs is 1. The number of aliphatic hydroxyl groups is 2. The predicted molar refractivity (Wildman–Crippen MR) is 159 cm³/mol. The third-order valence-electron chi connectivity index (χ3n) is 6.80. The molecular weight excluding hydrogens is 529 g/mol. The van der Waals surface area contributed by atoms with Crippen molar-refractivity contribution in [3.63, 3.8) is 0 Å². The largest absolute Gasteiger partial charge is 0.508 e. The van der Waals surface area contributed by atoms with Gasteiger partial charge in [-0.2, -0.15) is 0 Å². The van der Waals surface area contributed by atoms with Crippen molar-refractivity contribution in [1.29, 1.82) is 0 Å². The van der Waals surface area contributed by atoms with Crippen LogP contribution in [0.3, 0.4) is 0 Å². The standard InChI is InChI=1S/C22H28FN3O3.C7H12O.CH4O.CH2O/c1-12(2)29-19-10-6-14(23)11-16(19)21(28)22-25-17-8-9-18(27)15(20(17)26-22)7-5-13(3)24-4;8-6-7-4-2-1-3-5-7;2*1-2/h6,8-13,21,24,27-28H,5,7H2,1-4H3,(H,25,26);6-7H,1-5H2;2H,1H3;1H2. The number of aldehydes is 1. The minimum Gasteiger partial charge on any atom is -0.508 e. The van der Waals surface area contributed by atoms with Gasteiger partial charge >= 0.3 is 0 Å². The molecule has 0 aliphatic heterocycles. The van der Waals surface area contributed by atoms with Crippen LogP contribution in [0.2, 0.25) is 0 Å². The van der Waals surface area contributed by atoms with E-state index in [1.54, 1.807) is 12.1 Å². The fourth-order valence-corrected chi connectivity index (χ4v) is 4.53. The molecule has 5 N–H and O–H groups in total. The Morgan fingerprint density at radius 3 is 2.37 bits per heavy atom. The van der Waals surface area contributed by atoms with Crippen molar-refractivity contribution in [2.24, 2.45) is 5.92 Å². The summed E-state index contributed by atoms with van der Waals surface area (Å²) in [6.45, 7) is 7.79. The molecule has 4 rings (SSSR count). The molecular formula is C31H46FN3O6. The number of carbonyl (C=O) groups excluding carboxylic acids is 2. The number of carbonyl (C=O) groups is 2. The molecule has 3 aromatic rings. The summed E-state index contributed by atoms with van der Waals surface area (Å²) in [5.41, 5.74) is 2.32. The van der Waals surface area contributed by atoms with Crippen molar-refractivity contribution in [2.75, 3.05) is 14.2 Å². The third-order valence-corrected chi connectivity index (χ3v) is 6.80. The van der Waals surface area contributed by atoms with E-state index in [9.17, 15) is 19.4 Å². The van der Waals surface area contributed by atoms with E-state index in [-0.39, 0.29) is 23.7 Å². The first-order valence-corrected chi connectivity index (χ1v) is 13.9. The summed E-state index contributed by atoms with van der Waals surface area (Å²) in [6, 6.07) is 7.68. The van der Waals surface area contributed by atoms with Crippen LogP contribution in [0.25, 0.3) is 11.0 Å². The molecule has 2 unspecified atom stereocenters. The second-order valence-corrected chi connectivity index (χ2v) is 10.1. The van der Waals surface area contributed by atoms with E-state index in [1.165, 1.54) is 37.5 Å². The van der Waals surface area contributed by atoms with Crippen LogP contribution in [0, 0.1) is 11.7 Å². The second-order valence-electron chi connectivity index (χ2n) is 10.1. The molecule has 0 bridgehead atoms. The zero-order valence-corrected chi connectivity index (χ0v) is 24.8. The van der Waals surface area contributed by atoms with Crippen molar-refractivity contribution in [2.45, 2.75) is 84.0 Å². The Hall–Kier alpha value is -3.34. The van der Waals surface area contributed by atoms with Gasteiger partial charge in [0.1, 0.15) is 42.3 Å². The molecule has 1 saturated carbocycles. The molecule has 1 heterocycles. The van der Waals surface area contributed by atoms with Gasteiger partial charge in [0.15, 0.2) is 0 Å². The Labute approximate surface area is 242 Å². The maximum absolute atomic E-state index is 13.9. The van der Waals surface area contributed by atoms with E-state index >= 15 is 0 Å². The van der Waals surface area contributed by atoms with Gasteiger partial charge in [0.05, 0.1) is 17.1 Å². The number of H-pyrrole nitrogens is 1. The van der Waals surface area contributed by atoms with E-state index < -0.39 is 11.9 Å². The highest BCUT2D eigenvalue weighted by molar-refractivity contribution is 5.81. The van der Waals surface area contributed by atoms with E-state index in [4.69, 9.17) is 14.6 Å². The van der Waals surface area contributed by atoms with E-state index in [1.807, 2.05) is 27.7 Å². The third kappa shape index (κ3) is 10.9. The van der Waals surface area contributed by atoms with Gasteiger partial charge in [-0.3, -0.25) is 0 Å². The number of benzene rings is 2. The molecule has 2 aromatic carbocycles. The summed E-state index contributed by atoms with van der Waals surface area (Å²) in [6.07, 6.45) is 7.40. The number of phenolic OH excluding ortho intramolecular Hbond substituents is 1. The Balaban J connectivity index is 0.000000590. The topological polar surface area (TPSA) is 145 Å². The number of nitrogens with one attached hydrogen (secondary N) is 2. The van der Waals surface area contributed by atoms with Gasteiger partial charge in [0.2, 0.25) is 0 Å². The SMILES string of the molecule is C=O.CNC(C)CCc1c(O)ccc2[nH]c(C(O)c3cc(F)ccc3OC(C)C)nc12.CO.O=CC1CCCCC1. The predicted octanol–water partition coefficient (Wildman–Crippen LogP) is 5.01. The molecule has 1 aliphatic carbocycles. The highest BCUT2D eigenvalue weighted by Gasteiger charge is 2.22. The number of aromatic amines is 1. The van der Waals surface area contributed by atoms with Crippen molar-refractivity contribution >= 4 is 24.1 Å². The van der Waals surface area contributed by atoms with Crippen molar-refractivity contribution < 1.29 is 34.0 Å². The molecule has 1 aliphatic rings. The summed E-state index contributed by atoms with van der Waals surface area (Å²) in [4.78, 5) is 25.8. The van der Waals surface area contributed by atoms with Crippen molar-refractivity contribution in [1.82, 2.24) is 15.3 Å². The number of rotatable bonds is 9. The second kappa shape index (κ2) is 18.9. The lowest BCUT2D eigenvalue weighted by Crippen LogP contribution is -2.21. The van der Waals surface area contributed by atoms with Crippen LogP contribution in [-0.2, 0) is 16.0 Å². The van der Waals surface area contributed by atoms with E-state index in [0.717, 1.165) is 38.2 Å². The first-order chi connectivity index (χ1) is 19.7. The lowest BCUT2D eigenvalue weighted by molar-refractivity contribution is -0.111. The Bertz CT molecular complexity index is 1180. The molecule has 41 heavy (non-hydrogen) atoms. The monoisotopic (exact) mass is 575 g/mol. The fraction of sp³-hybridized carbons (Fsp3) is 0.516. The highest BCUT2D eigenvalue weighted by atomic mass is 19.1. The summed E-state index contributed by atoms with van der Waals surface area (Å²) >= 11 is 0. The van der Waals surface area contributed by atoms with Gasteiger partial charge in [0.25, 0.3) is 0 Å². The van der Waals surface area contributed by atoms with E-state index in [2.05, 4.69) is 22.2 Å². The fourth-order valence-electron chi connectivity index (χ4n) is 4.53. The average molecular weight is 576 g/mol. The number of aryl methyl sites for hydroxylation is 1. The van der Waals surface area contributed by atoms with Crippen LogP contribution in [0.1, 0.15) is 82.4 Å². The lowest BCUT2D eigenvalue weighted by Gasteiger charge is -2.17. The quantitative estimate of drug-likeness (QED) is 0.224. The lowest BCUT2D eigenvalue weighted by atomic mass is 9.91. The number of aromatic hydroxyl groups is 1. The number of nitrogens with zero attached hydrogens (tertiary/aromatic N) is 1. The summed E-state index contributed by atoms with van der Waals surface area (Å²) in [5, 5.41) is 31.4. The molecule has 2 atom stereocenters. The first-order valence-electron chi connectivity index (χ1n) is 13.9. The summed E-state index contributed by atoms with van der Waals surface area (Å²) in [7, 11) is 2.89. The first kappa shape index (κ1) is 35.7. The van der Waals surface area contributed by atoms with Gasteiger partial charge in [-0.1, -0.05) is 19.3 Å². The van der Waals surface area contributed by atoms with Crippen molar-refractivity contribution in [3.05, 3.63) is 53.1 Å². The number of aliphatic hydroxyl groups excluding tert-OH is 2. The Kier molecular flexibility index (Phi) is 16.5. The number of hydrogen-bond acceptors (Lipinski definition) is 8. The molecule has 1 aromatic heterocycles. The van der Waals surface area contributed by atoms with Gasteiger partial charge in [-0.05, 0) is 83.8 Å². The molecule has 0 radical (unpaired) electrons. The smallest absolute Gasteiger partial charge is 0.141 e. The number of hydrogen-bond donors (Lipinski definition) is 5. The number of aromatic nitrogens is 2. The summed E-state index contributed by atoms with van der Waals surface area (Å²) < 4.78 is 19.6. The van der Waals surface area contributed by atoms with Gasteiger partial charge in [-0.15, -0.1) is 0 Å². The number of ether oxygens (including phenoxy) is 1. The van der Waals surface area contributed by atoms with Gasteiger partial charge in [-0.25, -0.2) is 9.37 Å². The Morgan fingerprint density at radius 1 is 1.15 bits per heavy atom. The molecule has 10 heteroatoms.